The van der Waals surface area contributed by atoms with E-state index in [-0.39, 0.29) is 0 Å². The number of anilines is 1. The molecule has 0 unspecified atom stereocenters. The number of nitrogens with zero attached hydrogens (tertiary/aromatic N) is 3. The van der Waals surface area contributed by atoms with Gasteiger partial charge in [-0.2, -0.15) is 0 Å². The number of fused-ring (bicyclic) bond motifs is 1. The average Bonchev–Trinajstić information content (AvgIpc) is 2.73. The van der Waals surface area contributed by atoms with E-state index in [9.17, 15) is 0 Å². The van der Waals surface area contributed by atoms with Crippen LogP contribution in [0.2, 0.25) is 0 Å². The normalized spacial score (nSPS) is 11.4. The van der Waals surface area contributed by atoms with Crippen LogP contribution in [0.3, 0.4) is 0 Å². The Morgan fingerprint density at radius 2 is 1.95 bits per heavy atom. The van der Waals surface area contributed by atoms with Gasteiger partial charge in [-0.25, -0.2) is 9.97 Å². The molecule has 102 valence electrons. The summed E-state index contributed by atoms with van der Waals surface area (Å²) in [6.07, 6.45) is 1.85. The fraction of sp³-hybridized carbons (Fsp3) is 0.250. The van der Waals surface area contributed by atoms with Crippen LogP contribution < -0.4 is 5.73 Å². The average molecular weight is 266 g/mol. The fourth-order valence-electron chi connectivity index (χ4n) is 2.50. The Labute approximate surface area is 118 Å². The molecule has 20 heavy (non-hydrogen) atoms. The highest BCUT2D eigenvalue weighted by Gasteiger charge is 2.15. The van der Waals surface area contributed by atoms with Crippen LogP contribution in [0.5, 0.6) is 0 Å². The van der Waals surface area contributed by atoms with E-state index in [1.54, 1.807) is 0 Å². The van der Waals surface area contributed by atoms with E-state index in [4.69, 9.17) is 5.73 Å². The van der Waals surface area contributed by atoms with Crippen LogP contribution in [0.4, 0.5) is 5.95 Å². The first-order valence-corrected chi connectivity index (χ1v) is 6.78. The maximum Gasteiger partial charge on any atom is 0.207 e. The first kappa shape index (κ1) is 12.7. The Hall–Kier alpha value is -2.36. The molecule has 0 aliphatic heterocycles. The smallest absolute Gasteiger partial charge is 0.207 e. The molecule has 0 atom stereocenters. The number of hydrogen-bond acceptors (Lipinski definition) is 3. The lowest BCUT2D eigenvalue weighted by atomic mass is 10.0. The quantitative estimate of drug-likeness (QED) is 0.773. The molecular formula is C16H18N4. The van der Waals surface area contributed by atoms with E-state index in [0.717, 1.165) is 22.4 Å². The van der Waals surface area contributed by atoms with Gasteiger partial charge >= 0.3 is 0 Å². The molecule has 2 N–H and O–H groups in total. The summed E-state index contributed by atoms with van der Waals surface area (Å²) in [6.45, 7) is 6.35. The van der Waals surface area contributed by atoms with Crippen molar-refractivity contribution in [2.75, 3.05) is 5.73 Å². The molecule has 4 nitrogen and oxygen atoms in total. The zero-order valence-corrected chi connectivity index (χ0v) is 12.0. The van der Waals surface area contributed by atoms with E-state index in [2.05, 4.69) is 35.9 Å². The second-order valence-corrected chi connectivity index (χ2v) is 5.37. The molecule has 0 aliphatic carbocycles. The number of rotatable bonds is 2. The van der Waals surface area contributed by atoms with Crippen molar-refractivity contribution in [1.82, 2.24) is 14.5 Å². The van der Waals surface area contributed by atoms with Crippen molar-refractivity contribution in [1.29, 1.82) is 0 Å². The molecule has 0 radical (unpaired) electrons. The van der Waals surface area contributed by atoms with Gasteiger partial charge < -0.3 is 5.73 Å². The van der Waals surface area contributed by atoms with E-state index in [1.807, 2.05) is 35.9 Å². The van der Waals surface area contributed by atoms with E-state index >= 15 is 0 Å². The molecule has 0 aliphatic rings. The largest absolute Gasteiger partial charge is 0.369 e. The Kier molecular flexibility index (Phi) is 2.93. The number of imidazole rings is 1. The summed E-state index contributed by atoms with van der Waals surface area (Å²) >= 11 is 0. The zero-order chi connectivity index (χ0) is 14.3. The summed E-state index contributed by atoms with van der Waals surface area (Å²) in [5, 5.41) is 0. The van der Waals surface area contributed by atoms with Crippen LogP contribution in [0, 0.1) is 6.92 Å². The minimum atomic E-state index is 0.411. The van der Waals surface area contributed by atoms with Crippen LogP contribution in [0.15, 0.2) is 36.5 Å². The predicted octanol–water partition coefficient (Wildman–Crippen LogP) is 3.43. The second kappa shape index (κ2) is 4.63. The van der Waals surface area contributed by atoms with Gasteiger partial charge in [0.05, 0.1) is 5.69 Å². The summed E-state index contributed by atoms with van der Waals surface area (Å²) in [7, 11) is 0. The number of nitrogens with two attached hydrogens (primary N) is 1. The third-order valence-electron chi connectivity index (χ3n) is 3.46. The van der Waals surface area contributed by atoms with Gasteiger partial charge in [0.15, 0.2) is 5.65 Å². The van der Waals surface area contributed by atoms with Crippen LogP contribution in [0.1, 0.15) is 30.9 Å². The van der Waals surface area contributed by atoms with Crippen molar-refractivity contribution < 1.29 is 0 Å². The molecule has 4 heteroatoms. The van der Waals surface area contributed by atoms with Gasteiger partial charge in [0.25, 0.3) is 0 Å². The molecule has 0 saturated carbocycles. The number of benzene rings is 1. The molecule has 1 aromatic carbocycles. The molecule has 3 rings (SSSR count). The number of pyridine rings is 1. The molecule has 2 aromatic heterocycles. The Morgan fingerprint density at radius 1 is 1.20 bits per heavy atom. The van der Waals surface area contributed by atoms with Crippen LogP contribution in [0.25, 0.3) is 16.9 Å². The van der Waals surface area contributed by atoms with Crippen molar-refractivity contribution in [2.45, 2.75) is 26.7 Å². The molecule has 0 saturated heterocycles. The van der Waals surface area contributed by atoms with Gasteiger partial charge in [0, 0.05) is 6.20 Å². The fourth-order valence-corrected chi connectivity index (χ4v) is 2.50. The first-order valence-electron chi connectivity index (χ1n) is 6.78. The van der Waals surface area contributed by atoms with Crippen molar-refractivity contribution in [2.24, 2.45) is 0 Å². The molecule has 2 heterocycles. The molecule has 0 fully saturated rings. The zero-order valence-electron chi connectivity index (χ0n) is 12.0. The maximum atomic E-state index is 6.12. The lowest BCUT2D eigenvalue weighted by Crippen LogP contribution is -2.05. The Balaban J connectivity index is 2.33. The summed E-state index contributed by atoms with van der Waals surface area (Å²) in [5.74, 6) is 0.889. The van der Waals surface area contributed by atoms with Crippen molar-refractivity contribution >= 4 is 17.1 Å². The molecule has 0 bridgehead atoms. The second-order valence-electron chi connectivity index (χ2n) is 5.37. The van der Waals surface area contributed by atoms with Crippen LogP contribution in [-0.2, 0) is 0 Å². The van der Waals surface area contributed by atoms with Gasteiger partial charge in [0.2, 0.25) is 5.95 Å². The van der Waals surface area contributed by atoms with Gasteiger partial charge in [-0.3, -0.25) is 4.57 Å². The lowest BCUT2D eigenvalue weighted by Gasteiger charge is -2.14. The van der Waals surface area contributed by atoms with E-state index < -0.39 is 0 Å². The highest BCUT2D eigenvalue weighted by Crippen LogP contribution is 2.28. The van der Waals surface area contributed by atoms with Crippen LogP contribution >= 0.6 is 0 Å². The van der Waals surface area contributed by atoms with E-state index in [0.29, 0.717) is 11.9 Å². The van der Waals surface area contributed by atoms with Crippen LogP contribution in [-0.4, -0.2) is 14.5 Å². The van der Waals surface area contributed by atoms with Crippen molar-refractivity contribution in [3.8, 4) is 5.69 Å². The number of para-hydroxylation sites is 1. The number of aromatic nitrogens is 3. The number of aryl methyl sites for hydroxylation is 1. The Bertz CT molecular complexity index is 771. The van der Waals surface area contributed by atoms with Gasteiger partial charge in [0.1, 0.15) is 5.52 Å². The highest BCUT2D eigenvalue weighted by atomic mass is 15.2. The first-order chi connectivity index (χ1) is 9.58. The third kappa shape index (κ3) is 1.93. The van der Waals surface area contributed by atoms with E-state index in [1.165, 1.54) is 5.56 Å². The molecular weight excluding hydrogens is 248 g/mol. The SMILES string of the molecule is Cc1cnc2c(c1)nc(N)n2-c1ccccc1C(C)C. The molecule has 0 spiro atoms. The standard InChI is InChI=1S/C16H18N4/c1-10(2)12-6-4-5-7-14(12)20-15-13(19-16(20)17)8-11(3)9-18-15/h4-10H,1-3H3,(H2,17,19). The summed E-state index contributed by atoms with van der Waals surface area (Å²) < 4.78 is 1.93. The topological polar surface area (TPSA) is 56.7 Å². The van der Waals surface area contributed by atoms with Crippen molar-refractivity contribution in [3.05, 3.63) is 47.7 Å². The lowest BCUT2D eigenvalue weighted by molar-refractivity contribution is 0.850. The number of hydrogen-bond donors (Lipinski definition) is 1. The van der Waals surface area contributed by atoms with Gasteiger partial charge in [-0.05, 0) is 36.1 Å². The van der Waals surface area contributed by atoms with Crippen molar-refractivity contribution in [3.63, 3.8) is 0 Å². The highest BCUT2D eigenvalue weighted by molar-refractivity contribution is 5.77. The predicted molar refractivity (Wildman–Crippen MR) is 82.1 cm³/mol. The monoisotopic (exact) mass is 266 g/mol. The Morgan fingerprint density at radius 3 is 2.70 bits per heavy atom. The summed E-state index contributed by atoms with van der Waals surface area (Å²) in [6, 6.07) is 10.3. The minimum Gasteiger partial charge on any atom is -0.369 e. The number of nitrogen functional groups attached to an aromatic ring is 1. The van der Waals surface area contributed by atoms with Gasteiger partial charge in [-0.1, -0.05) is 32.0 Å². The summed E-state index contributed by atoms with van der Waals surface area (Å²) in [5.41, 5.74) is 11.1. The molecule has 3 aromatic rings. The molecule has 0 amide bonds. The van der Waals surface area contributed by atoms with Gasteiger partial charge in [-0.15, -0.1) is 0 Å². The summed E-state index contributed by atoms with van der Waals surface area (Å²) in [4.78, 5) is 8.93. The minimum absolute atomic E-state index is 0.411. The maximum absolute atomic E-state index is 6.12. The third-order valence-corrected chi connectivity index (χ3v) is 3.46.